The number of esters is 1. The third kappa shape index (κ3) is 4.23. The number of benzene rings is 2. The third-order valence-electron chi connectivity index (χ3n) is 4.06. The van der Waals surface area contributed by atoms with E-state index in [1.807, 2.05) is 30.3 Å². The Bertz CT molecular complexity index is 1020. The summed E-state index contributed by atoms with van der Waals surface area (Å²) in [6, 6.07) is 15.3. The second-order valence-corrected chi connectivity index (χ2v) is 6.05. The van der Waals surface area contributed by atoms with Gasteiger partial charge < -0.3 is 4.74 Å². The molecule has 2 aromatic carbocycles. The first kappa shape index (κ1) is 19.2. The molecule has 1 heterocycles. The predicted molar refractivity (Wildman–Crippen MR) is 104 cm³/mol. The highest BCUT2D eigenvalue weighted by atomic mass is 19.1. The lowest BCUT2D eigenvalue weighted by Crippen LogP contribution is -2.13. The fourth-order valence-electron chi connectivity index (χ4n) is 2.71. The molecule has 0 radical (unpaired) electrons. The van der Waals surface area contributed by atoms with Crippen LogP contribution < -0.4 is 0 Å². The number of ether oxygens (including phenoxy) is 1. The monoisotopic (exact) mass is 378 g/mol. The summed E-state index contributed by atoms with van der Waals surface area (Å²) < 4.78 is 20.0. The predicted octanol–water partition coefficient (Wildman–Crippen LogP) is 4.21. The van der Waals surface area contributed by atoms with Crippen molar-refractivity contribution in [2.24, 2.45) is 0 Å². The summed E-state index contributed by atoms with van der Waals surface area (Å²) in [5.74, 6) is -1.46. The Balaban J connectivity index is 2.16. The first-order valence-corrected chi connectivity index (χ1v) is 8.80. The minimum atomic E-state index is -0.687. The molecule has 0 aliphatic carbocycles. The van der Waals surface area contributed by atoms with E-state index in [2.05, 4.69) is 5.10 Å². The van der Waals surface area contributed by atoms with Gasteiger partial charge in [-0.15, -0.1) is 0 Å². The van der Waals surface area contributed by atoms with E-state index < -0.39 is 11.8 Å². The van der Waals surface area contributed by atoms with E-state index in [-0.39, 0.29) is 18.0 Å². The van der Waals surface area contributed by atoms with E-state index in [0.717, 1.165) is 5.69 Å². The Kier molecular flexibility index (Phi) is 5.79. The highest BCUT2D eigenvalue weighted by Crippen LogP contribution is 2.26. The van der Waals surface area contributed by atoms with Crippen molar-refractivity contribution in [3.05, 3.63) is 77.7 Å². The van der Waals surface area contributed by atoms with Crippen molar-refractivity contribution >= 4 is 17.8 Å². The minimum absolute atomic E-state index is 0.0715. The number of hydrogen-bond acceptors (Lipinski definition) is 4. The topological polar surface area (TPSA) is 61.2 Å². The molecule has 6 heteroatoms. The number of aromatic nitrogens is 2. The molecule has 0 spiro atoms. The minimum Gasteiger partial charge on any atom is -0.462 e. The van der Waals surface area contributed by atoms with Crippen molar-refractivity contribution in [2.45, 2.75) is 13.8 Å². The van der Waals surface area contributed by atoms with E-state index in [9.17, 15) is 14.0 Å². The summed E-state index contributed by atoms with van der Waals surface area (Å²) in [5, 5.41) is 4.58. The molecule has 0 aliphatic rings. The Morgan fingerprint density at radius 3 is 2.39 bits per heavy atom. The number of Topliss-reactive ketones (excluding diaryl/α,β-unsaturated/α-hetero) is 1. The molecule has 3 aromatic rings. The zero-order chi connectivity index (χ0) is 20.1. The number of halogens is 1. The van der Waals surface area contributed by atoms with E-state index in [1.165, 1.54) is 25.1 Å². The second-order valence-electron chi connectivity index (χ2n) is 6.05. The maximum Gasteiger partial charge on any atom is 0.341 e. The van der Waals surface area contributed by atoms with Gasteiger partial charge in [-0.3, -0.25) is 4.79 Å². The highest BCUT2D eigenvalue weighted by Gasteiger charge is 2.19. The van der Waals surface area contributed by atoms with Gasteiger partial charge in [-0.05, 0) is 56.3 Å². The Hall–Kier alpha value is -3.54. The molecular weight excluding hydrogens is 359 g/mol. The Morgan fingerprint density at radius 1 is 1.11 bits per heavy atom. The van der Waals surface area contributed by atoms with Crippen molar-refractivity contribution in [1.29, 1.82) is 0 Å². The molecule has 0 unspecified atom stereocenters. The zero-order valence-electron chi connectivity index (χ0n) is 15.6. The van der Waals surface area contributed by atoms with Gasteiger partial charge in [0.1, 0.15) is 11.4 Å². The van der Waals surface area contributed by atoms with Gasteiger partial charge in [0.2, 0.25) is 0 Å². The Labute approximate surface area is 162 Å². The molecule has 0 saturated carbocycles. The van der Waals surface area contributed by atoms with Crippen LogP contribution in [0.25, 0.3) is 23.0 Å². The average molecular weight is 378 g/mol. The van der Waals surface area contributed by atoms with Crippen LogP contribution >= 0.6 is 0 Å². The average Bonchev–Trinajstić information content (AvgIpc) is 3.11. The maximum atomic E-state index is 13.3. The molecule has 0 bridgehead atoms. The molecule has 3 rings (SSSR count). The van der Waals surface area contributed by atoms with Gasteiger partial charge in [-0.2, -0.15) is 5.10 Å². The van der Waals surface area contributed by atoms with Crippen LogP contribution in [-0.4, -0.2) is 28.1 Å². The molecular formula is C22H19FN2O3. The highest BCUT2D eigenvalue weighted by molar-refractivity contribution is 6.20. The third-order valence-corrected chi connectivity index (χ3v) is 4.06. The normalized spacial score (nSPS) is 11.3. The van der Waals surface area contributed by atoms with Crippen LogP contribution in [0.2, 0.25) is 0 Å². The molecule has 1 aromatic heterocycles. The number of para-hydroxylation sites is 1. The lowest BCUT2D eigenvalue weighted by molar-refractivity contribution is -0.139. The van der Waals surface area contributed by atoms with Crippen LogP contribution in [-0.2, 0) is 14.3 Å². The Morgan fingerprint density at radius 2 is 1.79 bits per heavy atom. The van der Waals surface area contributed by atoms with Crippen molar-refractivity contribution < 1.29 is 18.7 Å². The summed E-state index contributed by atoms with van der Waals surface area (Å²) in [4.78, 5) is 24.2. The zero-order valence-corrected chi connectivity index (χ0v) is 15.6. The SMILES string of the molecule is CCOC(=O)C(=Cc1cn(-c2ccccc2)nc1-c1ccc(F)cc1)C(C)=O. The molecule has 0 saturated heterocycles. The van der Waals surface area contributed by atoms with E-state index in [4.69, 9.17) is 4.74 Å². The number of ketones is 1. The molecule has 0 amide bonds. The fourth-order valence-corrected chi connectivity index (χ4v) is 2.71. The number of carbonyl (C=O) groups excluding carboxylic acids is 2. The number of rotatable bonds is 6. The van der Waals surface area contributed by atoms with Gasteiger partial charge in [0.25, 0.3) is 0 Å². The second kappa shape index (κ2) is 8.43. The van der Waals surface area contributed by atoms with Crippen molar-refractivity contribution in [1.82, 2.24) is 9.78 Å². The molecule has 0 atom stereocenters. The summed E-state index contributed by atoms with van der Waals surface area (Å²) in [6.45, 7) is 3.15. The van der Waals surface area contributed by atoms with Gasteiger partial charge >= 0.3 is 5.97 Å². The number of hydrogen-bond donors (Lipinski definition) is 0. The summed E-state index contributed by atoms with van der Waals surface area (Å²) in [6.07, 6.45) is 3.18. The van der Waals surface area contributed by atoms with E-state index in [1.54, 1.807) is 29.9 Å². The maximum absolute atomic E-state index is 13.3. The summed E-state index contributed by atoms with van der Waals surface area (Å²) >= 11 is 0. The van der Waals surface area contributed by atoms with Gasteiger partial charge in [0.05, 0.1) is 18.0 Å². The van der Waals surface area contributed by atoms with Crippen LogP contribution in [0, 0.1) is 5.82 Å². The lowest BCUT2D eigenvalue weighted by Gasteiger charge is -2.04. The molecule has 28 heavy (non-hydrogen) atoms. The van der Waals surface area contributed by atoms with Crippen molar-refractivity contribution in [3.63, 3.8) is 0 Å². The van der Waals surface area contributed by atoms with Gasteiger partial charge in [-0.25, -0.2) is 13.9 Å². The summed E-state index contributed by atoms with van der Waals surface area (Å²) in [7, 11) is 0. The van der Waals surface area contributed by atoms with Crippen LogP contribution in [0.3, 0.4) is 0 Å². The van der Waals surface area contributed by atoms with Crippen molar-refractivity contribution in [3.8, 4) is 16.9 Å². The fraction of sp³-hybridized carbons (Fsp3) is 0.136. The molecule has 0 N–H and O–H groups in total. The molecule has 0 aliphatic heterocycles. The van der Waals surface area contributed by atoms with E-state index in [0.29, 0.717) is 16.8 Å². The van der Waals surface area contributed by atoms with Crippen molar-refractivity contribution in [2.75, 3.05) is 6.61 Å². The smallest absolute Gasteiger partial charge is 0.341 e. The summed E-state index contributed by atoms with van der Waals surface area (Å²) in [5.41, 5.74) is 2.47. The molecule has 0 fully saturated rings. The molecule has 5 nitrogen and oxygen atoms in total. The van der Waals surface area contributed by atoms with Crippen LogP contribution in [0.15, 0.2) is 66.4 Å². The van der Waals surface area contributed by atoms with Crippen LogP contribution in [0.4, 0.5) is 4.39 Å². The first-order chi connectivity index (χ1) is 13.5. The van der Waals surface area contributed by atoms with Gasteiger partial charge in [-0.1, -0.05) is 18.2 Å². The molecule has 142 valence electrons. The van der Waals surface area contributed by atoms with Crippen LogP contribution in [0.1, 0.15) is 19.4 Å². The quantitative estimate of drug-likeness (QED) is 0.279. The van der Waals surface area contributed by atoms with Gasteiger partial charge in [0.15, 0.2) is 5.78 Å². The number of nitrogens with zero attached hydrogens (tertiary/aromatic N) is 2. The largest absolute Gasteiger partial charge is 0.462 e. The van der Waals surface area contributed by atoms with Crippen LogP contribution in [0.5, 0.6) is 0 Å². The van der Waals surface area contributed by atoms with E-state index >= 15 is 0 Å². The number of carbonyl (C=O) groups is 2. The first-order valence-electron chi connectivity index (χ1n) is 8.80. The standard InChI is InChI=1S/C22H19FN2O3/c1-3-28-22(27)20(15(2)26)13-17-14-25(19-7-5-4-6-8-19)24-21(17)16-9-11-18(23)12-10-16/h4-14H,3H2,1-2H3. The lowest BCUT2D eigenvalue weighted by atomic mass is 10.0. The van der Waals surface area contributed by atoms with Gasteiger partial charge in [0, 0.05) is 17.3 Å².